The summed E-state index contributed by atoms with van der Waals surface area (Å²) in [6.07, 6.45) is 4.72. The number of aliphatic hydroxyl groups is 1. The maximum absolute atomic E-state index is 12.7. The van der Waals surface area contributed by atoms with Gasteiger partial charge in [0.05, 0.1) is 17.8 Å². The summed E-state index contributed by atoms with van der Waals surface area (Å²) >= 11 is 0. The quantitative estimate of drug-likeness (QED) is 0.504. The number of nitrogens with one attached hydrogen (secondary N) is 1. The second kappa shape index (κ2) is 7.20. The van der Waals surface area contributed by atoms with E-state index < -0.39 is 5.60 Å². The van der Waals surface area contributed by atoms with Crippen LogP contribution in [0.2, 0.25) is 0 Å². The van der Waals surface area contributed by atoms with Crippen LogP contribution in [-0.2, 0) is 12.1 Å². The fraction of sp³-hybridized carbons (Fsp3) is 0.190. The van der Waals surface area contributed by atoms with Crippen LogP contribution in [0.1, 0.15) is 34.5 Å². The van der Waals surface area contributed by atoms with Gasteiger partial charge in [-0.05, 0) is 53.5 Å². The highest BCUT2D eigenvalue weighted by molar-refractivity contribution is 5.96. The number of benzene rings is 1. The number of rotatable bonds is 6. The van der Waals surface area contributed by atoms with E-state index in [0.717, 1.165) is 18.4 Å². The molecule has 1 saturated carbocycles. The molecule has 5 rings (SSSR count). The van der Waals surface area contributed by atoms with Gasteiger partial charge in [-0.1, -0.05) is 6.07 Å². The van der Waals surface area contributed by atoms with E-state index >= 15 is 0 Å². The van der Waals surface area contributed by atoms with E-state index in [2.05, 4.69) is 30.2 Å². The summed E-state index contributed by atoms with van der Waals surface area (Å²) in [7, 11) is 0. The summed E-state index contributed by atoms with van der Waals surface area (Å²) < 4.78 is 10.5. The third-order valence-corrected chi connectivity index (χ3v) is 4.97. The Hall–Kier alpha value is -3.85. The lowest BCUT2D eigenvalue weighted by atomic mass is 10.1. The third-order valence-electron chi connectivity index (χ3n) is 4.97. The van der Waals surface area contributed by atoms with Crippen molar-refractivity contribution in [1.29, 1.82) is 0 Å². The number of amides is 1. The number of pyridine rings is 2. The molecule has 4 aromatic rings. The van der Waals surface area contributed by atoms with Crippen LogP contribution in [-0.4, -0.2) is 31.3 Å². The van der Waals surface area contributed by atoms with Gasteiger partial charge in [0.15, 0.2) is 0 Å². The highest BCUT2D eigenvalue weighted by Gasteiger charge is 2.42. The average molecular weight is 403 g/mol. The van der Waals surface area contributed by atoms with Crippen LogP contribution < -0.4 is 10.1 Å². The predicted molar refractivity (Wildman–Crippen MR) is 105 cm³/mol. The minimum absolute atomic E-state index is 0.171. The number of hydrogen-bond donors (Lipinski definition) is 2. The molecule has 9 nitrogen and oxygen atoms in total. The molecule has 0 bridgehead atoms. The lowest BCUT2D eigenvalue weighted by Crippen LogP contribution is -2.24. The fourth-order valence-electron chi connectivity index (χ4n) is 3.06. The zero-order chi connectivity index (χ0) is 20.6. The summed E-state index contributed by atoms with van der Waals surface area (Å²) in [5, 5.41) is 20.5. The van der Waals surface area contributed by atoms with Crippen molar-refractivity contribution in [2.45, 2.75) is 25.0 Å². The predicted octanol–water partition coefficient (Wildman–Crippen LogP) is 2.72. The van der Waals surface area contributed by atoms with Crippen LogP contribution in [0.5, 0.6) is 11.6 Å². The Kier molecular flexibility index (Phi) is 4.36. The number of nitrogens with zero attached hydrogens (tertiary/aromatic N) is 4. The molecule has 9 heteroatoms. The standard InChI is InChI=1S/C21H17N5O4/c27-19(24-12-14-4-3-13(11-23-14)21(28)7-8-21)16-2-1-9-22-20(16)29-15-5-6-17-18(10-15)26-30-25-17/h1-6,9-11,28H,7-8,12H2,(H,24,27). The molecule has 0 radical (unpaired) electrons. The summed E-state index contributed by atoms with van der Waals surface area (Å²) in [6, 6.07) is 12.0. The van der Waals surface area contributed by atoms with Crippen molar-refractivity contribution in [3.05, 3.63) is 71.7 Å². The van der Waals surface area contributed by atoms with Gasteiger partial charge >= 0.3 is 0 Å². The first kappa shape index (κ1) is 18.2. The van der Waals surface area contributed by atoms with E-state index in [-0.39, 0.29) is 18.3 Å². The largest absolute Gasteiger partial charge is 0.438 e. The van der Waals surface area contributed by atoms with Crippen LogP contribution >= 0.6 is 0 Å². The zero-order valence-corrected chi connectivity index (χ0v) is 15.8. The molecule has 1 fully saturated rings. The maximum Gasteiger partial charge on any atom is 0.257 e. The maximum atomic E-state index is 12.7. The van der Waals surface area contributed by atoms with Crippen molar-refractivity contribution in [3.63, 3.8) is 0 Å². The number of fused-ring (bicyclic) bond motifs is 1. The molecular weight excluding hydrogens is 386 g/mol. The smallest absolute Gasteiger partial charge is 0.257 e. The molecule has 1 aliphatic carbocycles. The fourth-order valence-corrected chi connectivity index (χ4v) is 3.06. The Bertz CT molecular complexity index is 1220. The van der Waals surface area contributed by atoms with Gasteiger partial charge in [-0.25, -0.2) is 9.61 Å². The van der Waals surface area contributed by atoms with E-state index in [4.69, 9.17) is 4.74 Å². The van der Waals surface area contributed by atoms with Crippen LogP contribution in [0, 0.1) is 0 Å². The summed E-state index contributed by atoms with van der Waals surface area (Å²) in [4.78, 5) is 21.2. The Labute approximate surface area is 170 Å². The van der Waals surface area contributed by atoms with E-state index in [9.17, 15) is 9.90 Å². The van der Waals surface area contributed by atoms with Crippen LogP contribution in [0.4, 0.5) is 0 Å². The second-order valence-corrected chi connectivity index (χ2v) is 7.13. The van der Waals surface area contributed by atoms with Crippen molar-refractivity contribution in [2.24, 2.45) is 0 Å². The van der Waals surface area contributed by atoms with Gasteiger partial charge in [0, 0.05) is 24.0 Å². The van der Waals surface area contributed by atoms with Crippen molar-refractivity contribution >= 4 is 16.9 Å². The second-order valence-electron chi connectivity index (χ2n) is 7.13. The number of aromatic nitrogens is 4. The molecule has 0 unspecified atom stereocenters. The molecular formula is C21H17N5O4. The minimum Gasteiger partial charge on any atom is -0.438 e. The Balaban J connectivity index is 1.28. The molecule has 30 heavy (non-hydrogen) atoms. The van der Waals surface area contributed by atoms with Gasteiger partial charge < -0.3 is 15.2 Å². The third kappa shape index (κ3) is 3.58. The highest BCUT2D eigenvalue weighted by atomic mass is 16.6. The number of carbonyl (C=O) groups is 1. The molecule has 0 atom stereocenters. The van der Waals surface area contributed by atoms with Crippen molar-refractivity contribution in [3.8, 4) is 11.6 Å². The van der Waals surface area contributed by atoms with Gasteiger partial charge in [0.1, 0.15) is 22.3 Å². The summed E-state index contributed by atoms with van der Waals surface area (Å²) in [5.41, 5.74) is 2.21. The first-order valence-electron chi connectivity index (χ1n) is 9.42. The SMILES string of the molecule is O=C(NCc1ccc(C2(O)CC2)cn1)c1cccnc1Oc1ccc2nonc2c1. The van der Waals surface area contributed by atoms with E-state index in [1.165, 1.54) is 0 Å². The molecule has 2 N–H and O–H groups in total. The first-order chi connectivity index (χ1) is 14.6. The van der Waals surface area contributed by atoms with Gasteiger partial charge in [-0.3, -0.25) is 9.78 Å². The monoisotopic (exact) mass is 403 g/mol. The van der Waals surface area contributed by atoms with Crippen LogP contribution in [0.3, 0.4) is 0 Å². The topological polar surface area (TPSA) is 123 Å². The summed E-state index contributed by atoms with van der Waals surface area (Å²) in [5.74, 6) is 0.292. The molecule has 150 valence electrons. The van der Waals surface area contributed by atoms with E-state index in [0.29, 0.717) is 28.0 Å². The van der Waals surface area contributed by atoms with Gasteiger partial charge in [-0.15, -0.1) is 0 Å². The molecule has 0 aliphatic heterocycles. The lowest BCUT2D eigenvalue weighted by Gasteiger charge is -2.11. The van der Waals surface area contributed by atoms with Crippen LogP contribution in [0.25, 0.3) is 11.0 Å². The molecule has 3 aromatic heterocycles. The number of hydrogen-bond acceptors (Lipinski definition) is 8. The van der Waals surface area contributed by atoms with Crippen molar-refractivity contribution in [1.82, 2.24) is 25.6 Å². The summed E-state index contributed by atoms with van der Waals surface area (Å²) in [6.45, 7) is 0.239. The van der Waals surface area contributed by atoms with Crippen molar-refractivity contribution in [2.75, 3.05) is 0 Å². The number of carbonyl (C=O) groups excluding carboxylic acids is 1. The van der Waals surface area contributed by atoms with Gasteiger partial charge in [0.2, 0.25) is 5.88 Å². The van der Waals surface area contributed by atoms with E-state index in [1.807, 2.05) is 6.07 Å². The average Bonchev–Trinajstić information content (AvgIpc) is 3.35. The van der Waals surface area contributed by atoms with Gasteiger partial charge in [0.25, 0.3) is 5.91 Å². The molecule has 1 aromatic carbocycles. The number of ether oxygens (including phenoxy) is 1. The van der Waals surface area contributed by atoms with Crippen LogP contribution in [0.15, 0.2) is 59.5 Å². The Morgan fingerprint density at radius 2 is 2.00 bits per heavy atom. The first-order valence-corrected chi connectivity index (χ1v) is 9.42. The zero-order valence-electron chi connectivity index (χ0n) is 15.8. The van der Waals surface area contributed by atoms with E-state index in [1.54, 1.807) is 48.8 Å². The molecule has 0 saturated heterocycles. The minimum atomic E-state index is -0.720. The Morgan fingerprint density at radius 3 is 2.80 bits per heavy atom. The molecule has 0 spiro atoms. The normalized spacial score (nSPS) is 14.4. The molecule has 3 heterocycles. The molecule has 1 amide bonds. The lowest BCUT2D eigenvalue weighted by molar-refractivity contribution is 0.0947. The van der Waals surface area contributed by atoms with Gasteiger partial charge in [-0.2, -0.15) is 0 Å². The highest BCUT2D eigenvalue weighted by Crippen LogP contribution is 2.44. The van der Waals surface area contributed by atoms with Crippen molar-refractivity contribution < 1.29 is 19.3 Å². The molecule has 1 aliphatic rings. The Morgan fingerprint density at radius 1 is 1.13 bits per heavy atom.